The molecular weight excluding hydrogens is 339 g/mol. The van der Waals surface area contributed by atoms with Gasteiger partial charge in [-0.2, -0.15) is 0 Å². The van der Waals surface area contributed by atoms with Gasteiger partial charge < -0.3 is 4.90 Å². The number of carbonyl (C=O) groups is 1. The lowest BCUT2D eigenvalue weighted by Crippen LogP contribution is -2.41. The molecule has 1 saturated carbocycles. The van der Waals surface area contributed by atoms with Crippen molar-refractivity contribution < 1.29 is 9.18 Å². The summed E-state index contributed by atoms with van der Waals surface area (Å²) in [6.07, 6.45) is 7.56. The van der Waals surface area contributed by atoms with Crippen molar-refractivity contribution in [3.05, 3.63) is 46.4 Å². The Morgan fingerprint density at radius 1 is 1.44 bits per heavy atom. The highest BCUT2D eigenvalue weighted by atomic mass is 32.1. The largest absolute Gasteiger partial charge is 0.339 e. The van der Waals surface area contributed by atoms with Crippen LogP contribution in [0.25, 0.3) is 0 Å². The summed E-state index contributed by atoms with van der Waals surface area (Å²) in [5, 5.41) is 3.15. The van der Waals surface area contributed by atoms with E-state index >= 15 is 0 Å². The Morgan fingerprint density at radius 3 is 2.92 bits per heavy atom. The molecule has 4 rings (SSSR count). The Bertz CT molecular complexity index is 758. The van der Waals surface area contributed by atoms with E-state index in [1.165, 1.54) is 18.7 Å². The third kappa shape index (κ3) is 3.18. The lowest BCUT2D eigenvalue weighted by Gasteiger charge is -2.34. The van der Waals surface area contributed by atoms with Crippen LogP contribution in [0.5, 0.6) is 0 Å². The molecule has 5 nitrogen and oxygen atoms in total. The molecule has 1 saturated heterocycles. The molecule has 2 aromatic heterocycles. The molecule has 7 heteroatoms. The average molecular weight is 360 g/mol. The van der Waals surface area contributed by atoms with Gasteiger partial charge in [-0.15, -0.1) is 11.3 Å². The van der Waals surface area contributed by atoms with Gasteiger partial charge in [-0.3, -0.25) is 14.7 Å². The number of nitrogens with zero attached hydrogens (tertiary/aromatic N) is 4. The molecule has 0 bridgehead atoms. The van der Waals surface area contributed by atoms with Crippen molar-refractivity contribution in [1.82, 2.24) is 19.8 Å². The summed E-state index contributed by atoms with van der Waals surface area (Å²) in [5.74, 6) is -0.761. The van der Waals surface area contributed by atoms with E-state index in [1.54, 1.807) is 16.2 Å². The zero-order valence-corrected chi connectivity index (χ0v) is 15.0. The van der Waals surface area contributed by atoms with E-state index in [2.05, 4.69) is 21.9 Å². The smallest absolute Gasteiger partial charge is 0.256 e. The van der Waals surface area contributed by atoms with Gasteiger partial charge in [-0.25, -0.2) is 9.37 Å². The normalized spacial score (nSPS) is 21.7. The molecule has 1 spiro atoms. The van der Waals surface area contributed by atoms with Crippen LogP contribution in [0.1, 0.15) is 34.6 Å². The zero-order valence-electron chi connectivity index (χ0n) is 14.2. The zero-order chi connectivity index (χ0) is 17.4. The van der Waals surface area contributed by atoms with E-state index in [1.807, 2.05) is 11.6 Å². The van der Waals surface area contributed by atoms with Gasteiger partial charge in [0.2, 0.25) is 0 Å². The molecule has 0 N–H and O–H groups in total. The molecule has 1 aliphatic carbocycles. The fourth-order valence-corrected chi connectivity index (χ4v) is 4.69. The first kappa shape index (κ1) is 16.6. The van der Waals surface area contributed by atoms with Crippen LogP contribution in [-0.2, 0) is 6.54 Å². The van der Waals surface area contributed by atoms with Gasteiger partial charge in [0.25, 0.3) is 5.91 Å². The molecule has 0 radical (unpaired) electrons. The van der Waals surface area contributed by atoms with Crippen LogP contribution in [0.15, 0.2) is 30.0 Å². The fourth-order valence-electron chi connectivity index (χ4n) is 4.02. The Hall–Kier alpha value is -1.86. The maximum atomic E-state index is 13.8. The summed E-state index contributed by atoms with van der Waals surface area (Å²) in [5.41, 5.74) is 0.443. The minimum atomic E-state index is -0.541. The van der Waals surface area contributed by atoms with Crippen LogP contribution in [0.3, 0.4) is 0 Å². The van der Waals surface area contributed by atoms with Gasteiger partial charge in [0.15, 0.2) is 5.82 Å². The molecule has 2 fully saturated rings. The van der Waals surface area contributed by atoms with Crippen molar-refractivity contribution in [2.45, 2.75) is 31.8 Å². The van der Waals surface area contributed by atoms with Crippen molar-refractivity contribution in [2.75, 3.05) is 20.1 Å². The second kappa shape index (κ2) is 6.46. The number of amides is 1. The summed E-state index contributed by atoms with van der Waals surface area (Å²) >= 11 is 1.69. The van der Waals surface area contributed by atoms with E-state index in [4.69, 9.17) is 0 Å². The molecule has 2 aromatic rings. The van der Waals surface area contributed by atoms with Gasteiger partial charge >= 0.3 is 0 Å². The third-order valence-electron chi connectivity index (χ3n) is 5.60. The standard InChI is InChI=1S/C18H21FN4OS/c1-22(12-16-21-6-9-25-16)15-10-18(15)3-7-23(8-4-18)17(24)13-2-5-20-11-14(13)19/h2,5-6,9,11,15H,3-4,7-8,10,12H2,1H3/t15-/m1/s1. The molecule has 1 atom stereocenters. The predicted molar refractivity (Wildman–Crippen MR) is 93.8 cm³/mol. The van der Waals surface area contributed by atoms with Crippen LogP contribution < -0.4 is 0 Å². The minimum Gasteiger partial charge on any atom is -0.339 e. The summed E-state index contributed by atoms with van der Waals surface area (Å²) in [4.78, 5) is 24.8. The average Bonchev–Trinajstić information content (AvgIpc) is 3.07. The topological polar surface area (TPSA) is 49.3 Å². The van der Waals surface area contributed by atoms with Gasteiger partial charge in [-0.1, -0.05) is 0 Å². The minimum absolute atomic E-state index is 0.124. The maximum Gasteiger partial charge on any atom is 0.256 e. The van der Waals surface area contributed by atoms with Gasteiger partial charge in [-0.05, 0) is 37.8 Å². The van der Waals surface area contributed by atoms with Gasteiger partial charge in [0, 0.05) is 36.9 Å². The first-order chi connectivity index (χ1) is 12.1. The van der Waals surface area contributed by atoms with E-state index < -0.39 is 5.82 Å². The lowest BCUT2D eigenvalue weighted by molar-refractivity contribution is 0.0653. The molecule has 1 amide bonds. The van der Waals surface area contributed by atoms with Crippen molar-refractivity contribution in [3.63, 3.8) is 0 Å². The van der Waals surface area contributed by atoms with E-state index in [-0.39, 0.29) is 11.5 Å². The summed E-state index contributed by atoms with van der Waals surface area (Å²) in [6.45, 7) is 2.28. The monoisotopic (exact) mass is 360 g/mol. The van der Waals surface area contributed by atoms with E-state index in [0.29, 0.717) is 24.5 Å². The number of hydrogen-bond acceptors (Lipinski definition) is 5. The molecular formula is C18H21FN4OS. The highest BCUT2D eigenvalue weighted by molar-refractivity contribution is 7.09. The van der Waals surface area contributed by atoms with Crippen molar-refractivity contribution >= 4 is 17.2 Å². The van der Waals surface area contributed by atoms with Crippen LogP contribution in [0.2, 0.25) is 0 Å². The highest BCUT2D eigenvalue weighted by Gasteiger charge is 2.56. The SMILES string of the molecule is CN(Cc1nccs1)[C@@H]1CC12CCN(C(=O)c1ccncc1F)CC2. The van der Waals surface area contributed by atoms with Gasteiger partial charge in [0.05, 0.1) is 18.3 Å². The highest BCUT2D eigenvalue weighted by Crippen LogP contribution is 2.56. The van der Waals surface area contributed by atoms with Crippen molar-refractivity contribution in [1.29, 1.82) is 0 Å². The maximum absolute atomic E-state index is 13.8. The number of carbonyl (C=O) groups excluding carboxylic acids is 1. The van der Waals surface area contributed by atoms with Gasteiger partial charge in [0.1, 0.15) is 5.01 Å². The number of piperidine rings is 1. The van der Waals surface area contributed by atoms with Crippen LogP contribution in [0.4, 0.5) is 4.39 Å². The Kier molecular flexibility index (Phi) is 4.29. The van der Waals surface area contributed by atoms with Crippen LogP contribution in [0, 0.1) is 11.2 Å². The first-order valence-electron chi connectivity index (χ1n) is 8.56. The number of pyridine rings is 1. The number of aromatic nitrogens is 2. The molecule has 0 unspecified atom stereocenters. The molecule has 2 aliphatic rings. The van der Waals surface area contributed by atoms with Crippen molar-refractivity contribution in [2.24, 2.45) is 5.41 Å². The number of likely N-dealkylation sites (tertiary alicyclic amines) is 1. The summed E-state index contributed by atoms with van der Waals surface area (Å²) in [7, 11) is 2.16. The van der Waals surface area contributed by atoms with E-state index in [9.17, 15) is 9.18 Å². The second-order valence-corrected chi connectivity index (χ2v) is 8.05. The summed E-state index contributed by atoms with van der Waals surface area (Å²) in [6, 6.07) is 2.02. The molecule has 3 heterocycles. The predicted octanol–water partition coefficient (Wildman–Crippen LogP) is 2.80. The molecule has 132 valence electrons. The number of rotatable bonds is 4. The summed E-state index contributed by atoms with van der Waals surface area (Å²) < 4.78 is 13.8. The van der Waals surface area contributed by atoms with E-state index in [0.717, 1.165) is 30.6 Å². The molecule has 1 aliphatic heterocycles. The fraction of sp³-hybridized carbons (Fsp3) is 0.500. The molecule has 0 aromatic carbocycles. The Labute approximate surface area is 150 Å². The Balaban J connectivity index is 1.35. The number of halogens is 1. The number of hydrogen-bond donors (Lipinski definition) is 0. The van der Waals surface area contributed by atoms with Crippen molar-refractivity contribution in [3.8, 4) is 0 Å². The van der Waals surface area contributed by atoms with Crippen LogP contribution >= 0.6 is 11.3 Å². The third-order valence-corrected chi connectivity index (χ3v) is 6.36. The quantitative estimate of drug-likeness (QED) is 0.841. The number of thiazole rings is 1. The lowest BCUT2D eigenvalue weighted by atomic mass is 9.92. The Morgan fingerprint density at radius 2 is 2.24 bits per heavy atom. The second-order valence-electron chi connectivity index (χ2n) is 7.07. The van der Waals surface area contributed by atoms with Crippen LogP contribution in [-0.4, -0.2) is 51.9 Å². The first-order valence-corrected chi connectivity index (χ1v) is 9.44. The molecule has 25 heavy (non-hydrogen) atoms.